The minimum absolute atomic E-state index is 0.284. The number of hydrogen-bond donors (Lipinski definition) is 1. The molecule has 5 nitrogen and oxygen atoms in total. The lowest BCUT2D eigenvalue weighted by Crippen LogP contribution is -2.37. The maximum Gasteiger partial charge on any atom is 0.112 e. The van der Waals surface area contributed by atoms with E-state index in [0.29, 0.717) is 12.6 Å². The molecule has 1 saturated heterocycles. The number of β-amino-alcohol motifs (C(OH)–C–C–N with tert-alkyl or cyclic N) is 1. The first-order valence-electron chi connectivity index (χ1n) is 7.04. The molecule has 112 valence electrons. The van der Waals surface area contributed by atoms with Crippen LogP contribution in [0.15, 0.2) is 29.0 Å². The van der Waals surface area contributed by atoms with Crippen LogP contribution in [0, 0.1) is 0 Å². The first-order valence-corrected chi connectivity index (χ1v) is 7.83. The second-order valence-corrected chi connectivity index (χ2v) is 6.72. The smallest absolute Gasteiger partial charge is 0.112 e. The first-order chi connectivity index (χ1) is 10.0. The molecule has 0 aromatic carbocycles. The number of pyridine rings is 2. The molecule has 0 aliphatic carbocycles. The van der Waals surface area contributed by atoms with Crippen LogP contribution >= 0.6 is 15.9 Å². The Morgan fingerprint density at radius 1 is 1.43 bits per heavy atom. The predicted molar refractivity (Wildman–Crippen MR) is 87.5 cm³/mol. The van der Waals surface area contributed by atoms with Gasteiger partial charge in [0.15, 0.2) is 0 Å². The summed E-state index contributed by atoms with van der Waals surface area (Å²) in [6.45, 7) is 1.56. The summed E-state index contributed by atoms with van der Waals surface area (Å²) in [5.74, 6) is 0. The van der Waals surface area contributed by atoms with Crippen molar-refractivity contribution in [3.8, 4) is 0 Å². The van der Waals surface area contributed by atoms with Gasteiger partial charge in [-0.05, 0) is 48.6 Å². The summed E-state index contributed by atoms with van der Waals surface area (Å²) in [5.41, 5.74) is 2.81. The molecule has 21 heavy (non-hydrogen) atoms. The molecule has 6 heteroatoms. The molecule has 0 spiro atoms. The van der Waals surface area contributed by atoms with Gasteiger partial charge in [0.25, 0.3) is 0 Å². The van der Waals surface area contributed by atoms with E-state index in [0.717, 1.165) is 34.2 Å². The minimum atomic E-state index is -0.284. The monoisotopic (exact) mass is 350 g/mol. The standard InChI is InChI=1S/C15H19BrN4O/c1-19(2)8-11-6-12(21)9-20(11)14-3-4-17-13-5-10(16)7-18-15(13)14/h3-5,7,11-12,21H,6,8-9H2,1-2H3. The van der Waals surface area contributed by atoms with Gasteiger partial charge in [-0.15, -0.1) is 0 Å². The van der Waals surface area contributed by atoms with Gasteiger partial charge in [-0.1, -0.05) is 0 Å². The lowest BCUT2D eigenvalue weighted by Gasteiger charge is -2.29. The molecule has 3 rings (SSSR count). The Morgan fingerprint density at radius 3 is 3.00 bits per heavy atom. The first kappa shape index (κ1) is 14.7. The molecule has 0 bridgehead atoms. The Labute approximate surface area is 132 Å². The van der Waals surface area contributed by atoms with E-state index >= 15 is 0 Å². The molecule has 1 aliphatic heterocycles. The minimum Gasteiger partial charge on any atom is -0.391 e. The van der Waals surface area contributed by atoms with Crippen LogP contribution < -0.4 is 4.90 Å². The lowest BCUT2D eigenvalue weighted by molar-refractivity contribution is 0.191. The highest BCUT2D eigenvalue weighted by Gasteiger charge is 2.32. The molecule has 1 aliphatic rings. The van der Waals surface area contributed by atoms with Crippen molar-refractivity contribution in [2.75, 3.05) is 32.1 Å². The molecule has 2 aromatic rings. The van der Waals surface area contributed by atoms with Crippen molar-refractivity contribution in [2.24, 2.45) is 0 Å². The second-order valence-electron chi connectivity index (χ2n) is 5.81. The third kappa shape index (κ3) is 3.02. The number of likely N-dealkylation sites (N-methyl/N-ethyl adjacent to an activating group) is 1. The number of rotatable bonds is 3. The van der Waals surface area contributed by atoms with Crippen molar-refractivity contribution >= 4 is 32.7 Å². The predicted octanol–water partition coefficient (Wildman–Crippen LogP) is 1.89. The van der Waals surface area contributed by atoms with Gasteiger partial charge in [-0.3, -0.25) is 9.97 Å². The van der Waals surface area contributed by atoms with Crippen LogP contribution in [0.5, 0.6) is 0 Å². The highest BCUT2D eigenvalue weighted by molar-refractivity contribution is 9.10. The van der Waals surface area contributed by atoms with Gasteiger partial charge < -0.3 is 14.9 Å². The van der Waals surface area contributed by atoms with Crippen molar-refractivity contribution in [3.05, 3.63) is 29.0 Å². The van der Waals surface area contributed by atoms with E-state index in [1.165, 1.54) is 0 Å². The van der Waals surface area contributed by atoms with Crippen LogP contribution in [0.3, 0.4) is 0 Å². The van der Waals surface area contributed by atoms with Crippen molar-refractivity contribution in [2.45, 2.75) is 18.6 Å². The Kier molecular flexibility index (Phi) is 4.10. The number of halogens is 1. The fourth-order valence-electron chi connectivity index (χ4n) is 3.00. The Morgan fingerprint density at radius 2 is 2.24 bits per heavy atom. The zero-order valence-electron chi connectivity index (χ0n) is 12.2. The molecule has 2 aromatic heterocycles. The molecular weight excluding hydrogens is 332 g/mol. The molecule has 0 saturated carbocycles. The maximum absolute atomic E-state index is 10.1. The van der Waals surface area contributed by atoms with Crippen molar-refractivity contribution in [3.63, 3.8) is 0 Å². The number of fused-ring (bicyclic) bond motifs is 1. The Bertz CT molecular complexity index is 649. The number of hydrogen-bond acceptors (Lipinski definition) is 5. The summed E-state index contributed by atoms with van der Waals surface area (Å²) in [7, 11) is 4.12. The third-order valence-corrected chi connectivity index (χ3v) is 4.23. The summed E-state index contributed by atoms with van der Waals surface area (Å²) in [6.07, 6.45) is 4.11. The maximum atomic E-state index is 10.1. The fourth-order valence-corrected chi connectivity index (χ4v) is 3.32. The van der Waals surface area contributed by atoms with E-state index in [1.54, 1.807) is 6.20 Å². The number of nitrogens with zero attached hydrogens (tertiary/aromatic N) is 4. The number of aromatic nitrogens is 2. The van der Waals surface area contributed by atoms with E-state index in [-0.39, 0.29) is 6.10 Å². The summed E-state index contributed by atoms with van der Waals surface area (Å²) in [4.78, 5) is 13.3. The topological polar surface area (TPSA) is 52.5 Å². The largest absolute Gasteiger partial charge is 0.391 e. The van der Waals surface area contributed by atoms with Crippen LogP contribution in [0.1, 0.15) is 6.42 Å². The molecule has 2 atom stereocenters. The number of anilines is 1. The number of aliphatic hydroxyl groups excluding tert-OH is 1. The van der Waals surface area contributed by atoms with Gasteiger partial charge in [-0.2, -0.15) is 0 Å². The van der Waals surface area contributed by atoms with Crippen LogP contribution in [-0.4, -0.2) is 59.3 Å². The van der Waals surface area contributed by atoms with Crippen LogP contribution in [-0.2, 0) is 0 Å². The fraction of sp³-hybridized carbons (Fsp3) is 0.467. The summed E-state index contributed by atoms with van der Waals surface area (Å²) < 4.78 is 0.922. The van der Waals surface area contributed by atoms with Gasteiger partial charge in [0, 0.05) is 36.0 Å². The molecule has 1 fully saturated rings. The third-order valence-electron chi connectivity index (χ3n) is 3.80. The highest BCUT2D eigenvalue weighted by atomic mass is 79.9. The van der Waals surface area contributed by atoms with E-state index in [9.17, 15) is 5.11 Å². The molecular formula is C15H19BrN4O. The molecule has 1 N–H and O–H groups in total. The lowest BCUT2D eigenvalue weighted by atomic mass is 10.2. The van der Waals surface area contributed by atoms with E-state index < -0.39 is 0 Å². The second kappa shape index (κ2) is 5.87. The van der Waals surface area contributed by atoms with Crippen LogP contribution in [0.2, 0.25) is 0 Å². The Hall–Kier alpha value is -1.24. The van der Waals surface area contributed by atoms with Gasteiger partial charge >= 0.3 is 0 Å². The van der Waals surface area contributed by atoms with E-state index in [1.807, 2.05) is 18.3 Å². The Balaban J connectivity index is 2.02. The van der Waals surface area contributed by atoms with Gasteiger partial charge in [-0.25, -0.2) is 0 Å². The normalized spacial score (nSPS) is 22.4. The highest BCUT2D eigenvalue weighted by Crippen LogP contribution is 2.31. The molecule has 3 heterocycles. The average molecular weight is 351 g/mol. The zero-order valence-corrected chi connectivity index (χ0v) is 13.8. The number of aliphatic hydroxyl groups is 1. The quantitative estimate of drug-likeness (QED) is 0.915. The molecule has 0 radical (unpaired) electrons. The average Bonchev–Trinajstić information content (AvgIpc) is 2.77. The van der Waals surface area contributed by atoms with Crippen LogP contribution in [0.25, 0.3) is 11.0 Å². The summed E-state index contributed by atoms with van der Waals surface area (Å²) >= 11 is 3.43. The molecule has 0 amide bonds. The summed E-state index contributed by atoms with van der Waals surface area (Å²) in [5, 5.41) is 10.1. The summed E-state index contributed by atoms with van der Waals surface area (Å²) in [6, 6.07) is 4.26. The van der Waals surface area contributed by atoms with Crippen molar-refractivity contribution < 1.29 is 5.11 Å². The molecule has 2 unspecified atom stereocenters. The SMILES string of the molecule is CN(C)CC1CC(O)CN1c1ccnc2cc(Br)cnc12. The van der Waals surface area contributed by atoms with Crippen molar-refractivity contribution in [1.29, 1.82) is 0 Å². The van der Waals surface area contributed by atoms with E-state index in [4.69, 9.17) is 0 Å². The zero-order chi connectivity index (χ0) is 15.0. The van der Waals surface area contributed by atoms with E-state index in [2.05, 4.69) is 49.8 Å². The van der Waals surface area contributed by atoms with Gasteiger partial charge in [0.2, 0.25) is 0 Å². The van der Waals surface area contributed by atoms with Crippen LogP contribution in [0.4, 0.5) is 5.69 Å². The van der Waals surface area contributed by atoms with Gasteiger partial charge in [0.1, 0.15) is 5.52 Å². The van der Waals surface area contributed by atoms with Crippen molar-refractivity contribution in [1.82, 2.24) is 14.9 Å². The van der Waals surface area contributed by atoms with Gasteiger partial charge in [0.05, 0.1) is 17.3 Å².